The van der Waals surface area contributed by atoms with Crippen molar-refractivity contribution in [3.05, 3.63) is 29.3 Å². The fourth-order valence-electron chi connectivity index (χ4n) is 2.02. The molecule has 0 heterocycles. The number of nitrogens with zero attached hydrogens (tertiary/aromatic N) is 1. The number of benzene rings is 1. The summed E-state index contributed by atoms with van der Waals surface area (Å²) in [6, 6.07) is 5.00. The highest BCUT2D eigenvalue weighted by atomic mass is 127. The Morgan fingerprint density at radius 3 is 2.41 bits per heavy atom. The molecule has 0 aliphatic carbocycles. The molecule has 6 nitrogen and oxygen atoms in total. The van der Waals surface area contributed by atoms with Gasteiger partial charge in [0.05, 0.1) is 13.1 Å². The molecule has 1 aromatic carbocycles. The number of amides is 1. The zero-order chi connectivity index (χ0) is 19.6. The molecule has 0 radical (unpaired) electrons. The van der Waals surface area contributed by atoms with Crippen molar-refractivity contribution in [2.75, 3.05) is 26.2 Å². The molecule has 1 aromatic rings. The molecular weight excluding hydrogens is 476 g/mol. The minimum atomic E-state index is -4.41. The Morgan fingerprint density at radius 1 is 1.15 bits per heavy atom. The van der Waals surface area contributed by atoms with E-state index in [0.717, 1.165) is 5.56 Å². The number of aliphatic imine (C=N–C) groups is 1. The number of carbonyl (C=O) groups is 1. The summed E-state index contributed by atoms with van der Waals surface area (Å²) in [7, 11) is 0. The molecule has 154 valence electrons. The lowest BCUT2D eigenvalue weighted by Gasteiger charge is -2.14. The van der Waals surface area contributed by atoms with Crippen LogP contribution in [0.3, 0.4) is 0 Å². The maximum atomic E-state index is 12.4. The van der Waals surface area contributed by atoms with E-state index in [9.17, 15) is 18.0 Å². The first-order valence-electron chi connectivity index (χ1n) is 8.33. The Labute approximate surface area is 174 Å². The summed E-state index contributed by atoms with van der Waals surface area (Å²) in [4.78, 5) is 15.8. The predicted molar refractivity (Wildman–Crippen MR) is 110 cm³/mol. The summed E-state index contributed by atoms with van der Waals surface area (Å²) in [5, 5.41) is 8.50. The zero-order valence-corrected chi connectivity index (χ0v) is 17.9. The maximum Gasteiger partial charge on any atom is 0.422 e. The first-order chi connectivity index (χ1) is 12.2. The fraction of sp³-hybridized carbons (Fsp3) is 0.529. The van der Waals surface area contributed by atoms with Crippen LogP contribution in [0.2, 0.25) is 0 Å². The van der Waals surface area contributed by atoms with Crippen molar-refractivity contribution in [2.24, 2.45) is 4.99 Å². The average Bonchev–Trinajstić information content (AvgIpc) is 2.56. The van der Waals surface area contributed by atoms with E-state index in [4.69, 9.17) is 4.74 Å². The van der Waals surface area contributed by atoms with Crippen LogP contribution in [-0.4, -0.2) is 44.3 Å². The second kappa shape index (κ2) is 12.6. The number of guanidine groups is 1. The molecular formula is C17H26F3IN4O2. The lowest BCUT2D eigenvalue weighted by atomic mass is 10.1. The van der Waals surface area contributed by atoms with Crippen molar-refractivity contribution in [1.29, 1.82) is 0 Å². The third-order valence-corrected chi connectivity index (χ3v) is 3.16. The standard InChI is InChI=1S/C17H25F3N4O2.HI/c1-4-21-15(25)10-24-16(22-5-2)23-9-13-7-6-12(3)8-14(13)26-11-17(18,19)20;/h6-8H,4-5,9-11H2,1-3H3,(H,21,25)(H2,22,23,24);1H. The molecule has 0 spiro atoms. The van der Waals surface area contributed by atoms with Gasteiger partial charge in [-0.2, -0.15) is 13.2 Å². The van der Waals surface area contributed by atoms with Gasteiger partial charge in [-0.1, -0.05) is 12.1 Å². The largest absolute Gasteiger partial charge is 0.484 e. The molecule has 27 heavy (non-hydrogen) atoms. The third kappa shape index (κ3) is 10.9. The first kappa shape index (κ1) is 25.3. The number of halogens is 4. The van der Waals surface area contributed by atoms with Gasteiger partial charge in [0.2, 0.25) is 5.91 Å². The summed E-state index contributed by atoms with van der Waals surface area (Å²) in [6.45, 7) is 5.35. The van der Waals surface area contributed by atoms with E-state index >= 15 is 0 Å². The van der Waals surface area contributed by atoms with Gasteiger partial charge in [-0.05, 0) is 32.4 Å². The van der Waals surface area contributed by atoms with E-state index in [1.807, 2.05) is 13.8 Å². The van der Waals surface area contributed by atoms with Crippen LogP contribution in [0.15, 0.2) is 23.2 Å². The van der Waals surface area contributed by atoms with Gasteiger partial charge < -0.3 is 20.7 Å². The SMILES string of the molecule is CCNC(=O)CNC(=NCc1ccc(C)cc1OCC(F)(F)F)NCC.I. The van der Waals surface area contributed by atoms with Crippen molar-refractivity contribution in [1.82, 2.24) is 16.0 Å². The lowest BCUT2D eigenvalue weighted by molar-refractivity contribution is -0.153. The Hall–Kier alpha value is -1.72. The van der Waals surface area contributed by atoms with E-state index in [1.54, 1.807) is 25.1 Å². The molecule has 3 N–H and O–H groups in total. The topological polar surface area (TPSA) is 74.8 Å². The number of ether oxygens (including phenoxy) is 1. The molecule has 0 fully saturated rings. The minimum Gasteiger partial charge on any atom is -0.484 e. The van der Waals surface area contributed by atoms with Crippen LogP contribution >= 0.6 is 24.0 Å². The van der Waals surface area contributed by atoms with Crippen LogP contribution in [0.25, 0.3) is 0 Å². The number of alkyl halides is 3. The molecule has 0 atom stereocenters. The highest BCUT2D eigenvalue weighted by Crippen LogP contribution is 2.24. The number of hydrogen-bond donors (Lipinski definition) is 3. The van der Waals surface area contributed by atoms with Gasteiger partial charge in [-0.25, -0.2) is 4.99 Å². The Balaban J connectivity index is 0.00000676. The number of likely N-dealkylation sites (N-methyl/N-ethyl adjacent to an activating group) is 1. The molecule has 0 aromatic heterocycles. The van der Waals surface area contributed by atoms with Gasteiger partial charge in [0, 0.05) is 18.7 Å². The van der Waals surface area contributed by atoms with Crippen molar-refractivity contribution >= 4 is 35.8 Å². The summed E-state index contributed by atoms with van der Waals surface area (Å²) in [5.41, 5.74) is 1.31. The zero-order valence-electron chi connectivity index (χ0n) is 15.6. The first-order valence-corrected chi connectivity index (χ1v) is 8.33. The monoisotopic (exact) mass is 502 g/mol. The number of nitrogens with one attached hydrogen (secondary N) is 3. The molecule has 0 saturated carbocycles. The van der Waals surface area contributed by atoms with Gasteiger partial charge in [0.1, 0.15) is 5.75 Å². The van der Waals surface area contributed by atoms with Crippen LogP contribution in [0.4, 0.5) is 13.2 Å². The second-order valence-electron chi connectivity index (χ2n) is 5.52. The van der Waals surface area contributed by atoms with E-state index < -0.39 is 12.8 Å². The number of carbonyl (C=O) groups excluding carboxylic acids is 1. The van der Waals surface area contributed by atoms with Gasteiger partial charge >= 0.3 is 6.18 Å². The Bertz CT molecular complexity index is 625. The van der Waals surface area contributed by atoms with Crippen molar-refractivity contribution in [2.45, 2.75) is 33.5 Å². The predicted octanol–water partition coefficient (Wildman–Crippen LogP) is 2.75. The summed E-state index contributed by atoms with van der Waals surface area (Å²) >= 11 is 0. The van der Waals surface area contributed by atoms with E-state index in [1.165, 1.54) is 0 Å². The number of hydrogen-bond acceptors (Lipinski definition) is 3. The summed E-state index contributed by atoms with van der Waals surface area (Å²) in [6.07, 6.45) is -4.41. The van der Waals surface area contributed by atoms with Crippen LogP contribution in [-0.2, 0) is 11.3 Å². The van der Waals surface area contributed by atoms with Gasteiger partial charge in [-0.15, -0.1) is 24.0 Å². The smallest absolute Gasteiger partial charge is 0.422 e. The molecule has 0 bridgehead atoms. The molecule has 0 aliphatic rings. The van der Waals surface area contributed by atoms with E-state index in [2.05, 4.69) is 20.9 Å². The van der Waals surface area contributed by atoms with E-state index in [-0.39, 0.29) is 48.7 Å². The molecule has 0 aliphatic heterocycles. The minimum absolute atomic E-state index is 0. The molecule has 10 heteroatoms. The van der Waals surface area contributed by atoms with Gasteiger partial charge in [-0.3, -0.25) is 4.79 Å². The van der Waals surface area contributed by atoms with Crippen LogP contribution in [0.5, 0.6) is 5.75 Å². The highest BCUT2D eigenvalue weighted by molar-refractivity contribution is 14.0. The normalized spacial score (nSPS) is 11.4. The van der Waals surface area contributed by atoms with Crippen molar-refractivity contribution < 1.29 is 22.7 Å². The van der Waals surface area contributed by atoms with E-state index in [0.29, 0.717) is 24.6 Å². The fourth-order valence-corrected chi connectivity index (χ4v) is 2.02. The lowest BCUT2D eigenvalue weighted by Crippen LogP contribution is -2.43. The number of aryl methyl sites for hydroxylation is 1. The average molecular weight is 502 g/mol. The molecule has 0 unspecified atom stereocenters. The molecule has 1 amide bonds. The van der Waals surface area contributed by atoms with Crippen LogP contribution < -0.4 is 20.7 Å². The molecule has 0 saturated heterocycles. The molecule has 1 rings (SSSR count). The second-order valence-corrected chi connectivity index (χ2v) is 5.52. The van der Waals surface area contributed by atoms with Crippen molar-refractivity contribution in [3.8, 4) is 5.75 Å². The van der Waals surface area contributed by atoms with Crippen molar-refractivity contribution in [3.63, 3.8) is 0 Å². The van der Waals surface area contributed by atoms with Gasteiger partial charge in [0.25, 0.3) is 0 Å². The highest BCUT2D eigenvalue weighted by Gasteiger charge is 2.28. The maximum absolute atomic E-state index is 12.4. The van der Waals surface area contributed by atoms with Crippen LogP contribution in [0.1, 0.15) is 25.0 Å². The Kier molecular flexibility index (Phi) is 11.8. The quantitative estimate of drug-likeness (QED) is 0.291. The summed E-state index contributed by atoms with van der Waals surface area (Å²) < 4.78 is 42.2. The van der Waals surface area contributed by atoms with Crippen LogP contribution in [0, 0.1) is 6.92 Å². The summed E-state index contributed by atoms with van der Waals surface area (Å²) in [5.74, 6) is 0.356. The van der Waals surface area contributed by atoms with Gasteiger partial charge in [0.15, 0.2) is 12.6 Å². The third-order valence-electron chi connectivity index (χ3n) is 3.16. The Morgan fingerprint density at radius 2 is 1.81 bits per heavy atom. The number of rotatable bonds is 8.